The molecule has 1 aliphatic carbocycles. The summed E-state index contributed by atoms with van der Waals surface area (Å²) >= 11 is 0. The SMILES string of the molecule is Cc1cccc(Oc2cccc3c2CC[C@H]3Oc2ccc(B3OC(O)=CN(C)/C=C(/O)O3)cc2)n1. The number of aromatic nitrogens is 1. The molecular weight excluding hydrogens is 447 g/mol. The molecule has 8 nitrogen and oxygen atoms in total. The number of fused-ring (bicyclic) bond motifs is 1. The molecule has 35 heavy (non-hydrogen) atoms. The summed E-state index contributed by atoms with van der Waals surface area (Å²) in [5.41, 5.74) is 3.73. The van der Waals surface area contributed by atoms with Crippen LogP contribution in [-0.2, 0) is 15.7 Å². The molecule has 0 saturated heterocycles. The summed E-state index contributed by atoms with van der Waals surface area (Å²) < 4.78 is 23.2. The number of aliphatic hydroxyl groups excluding tert-OH is 2. The van der Waals surface area contributed by atoms with Gasteiger partial charge >= 0.3 is 7.12 Å². The number of benzene rings is 2. The van der Waals surface area contributed by atoms with Crippen LogP contribution in [0.1, 0.15) is 29.3 Å². The number of hydrogen-bond donors (Lipinski definition) is 2. The normalized spacial score (nSPS) is 18.7. The smallest absolute Gasteiger partial charge is 0.494 e. The maximum Gasteiger partial charge on any atom is 0.636 e. The fraction of sp³-hybridized carbons (Fsp3) is 0.192. The van der Waals surface area contributed by atoms with E-state index in [4.69, 9.17) is 18.8 Å². The van der Waals surface area contributed by atoms with Crippen LogP contribution in [0.15, 0.2) is 85.0 Å². The number of ether oxygens (including phenoxy) is 2. The van der Waals surface area contributed by atoms with E-state index in [1.807, 2.05) is 49.4 Å². The van der Waals surface area contributed by atoms with Crippen molar-refractivity contribution in [3.8, 4) is 17.4 Å². The molecule has 5 rings (SSSR count). The Morgan fingerprint density at radius 2 is 1.69 bits per heavy atom. The van der Waals surface area contributed by atoms with Gasteiger partial charge in [-0.3, -0.25) is 0 Å². The molecule has 0 bridgehead atoms. The second-order valence-electron chi connectivity index (χ2n) is 8.43. The Bertz CT molecular complexity index is 1260. The lowest BCUT2D eigenvalue weighted by Gasteiger charge is -2.20. The largest absolute Gasteiger partial charge is 0.636 e. The Labute approximate surface area is 203 Å². The zero-order valence-corrected chi connectivity index (χ0v) is 19.4. The minimum atomic E-state index is -1.01. The molecule has 0 amide bonds. The Morgan fingerprint density at radius 1 is 0.971 bits per heavy atom. The average molecular weight is 472 g/mol. The lowest BCUT2D eigenvalue weighted by atomic mass is 9.79. The Kier molecular flexibility index (Phi) is 6.14. The van der Waals surface area contributed by atoms with Crippen LogP contribution in [0.3, 0.4) is 0 Å². The van der Waals surface area contributed by atoms with Crippen LogP contribution < -0.4 is 14.9 Å². The van der Waals surface area contributed by atoms with Gasteiger partial charge in [0.1, 0.15) is 17.6 Å². The van der Waals surface area contributed by atoms with E-state index in [2.05, 4.69) is 11.1 Å². The van der Waals surface area contributed by atoms with Gasteiger partial charge in [0.05, 0.1) is 12.4 Å². The van der Waals surface area contributed by atoms with Crippen molar-refractivity contribution in [1.82, 2.24) is 9.88 Å². The summed E-state index contributed by atoms with van der Waals surface area (Å²) in [6.07, 6.45) is 4.23. The highest BCUT2D eigenvalue weighted by molar-refractivity contribution is 6.61. The standard InChI is InChI=1S/C26H25BN2O6/c1-17-5-3-8-24(28-17)33-22-7-4-6-20-21(22)13-14-23(20)32-19-11-9-18(10-12-19)27-34-25(30)15-29(2)16-26(31)35-27/h3-12,15-16,23,30-31H,13-14H2,1-2H3/b25-15-,26-16?/t23-/m1/s1. The van der Waals surface area contributed by atoms with E-state index in [0.29, 0.717) is 17.1 Å². The zero-order chi connectivity index (χ0) is 24.4. The second-order valence-corrected chi connectivity index (χ2v) is 8.43. The van der Waals surface area contributed by atoms with Gasteiger partial charge in [0.25, 0.3) is 11.9 Å². The number of aliphatic hydroxyl groups is 2. The number of pyridine rings is 1. The van der Waals surface area contributed by atoms with Gasteiger partial charge in [0, 0.05) is 29.8 Å². The minimum absolute atomic E-state index is 0.103. The van der Waals surface area contributed by atoms with E-state index >= 15 is 0 Å². The quantitative estimate of drug-likeness (QED) is 0.519. The summed E-state index contributed by atoms with van der Waals surface area (Å²) in [5, 5.41) is 19.9. The maximum absolute atomic E-state index is 9.94. The number of hydrogen-bond acceptors (Lipinski definition) is 8. The highest BCUT2D eigenvalue weighted by atomic mass is 16.7. The third-order valence-corrected chi connectivity index (χ3v) is 5.76. The summed E-state index contributed by atoms with van der Waals surface area (Å²) in [7, 11) is 0.619. The van der Waals surface area contributed by atoms with Gasteiger partial charge in [-0.1, -0.05) is 30.3 Å². The van der Waals surface area contributed by atoms with Gasteiger partial charge < -0.3 is 33.9 Å². The van der Waals surface area contributed by atoms with Crippen molar-refractivity contribution in [1.29, 1.82) is 0 Å². The first-order valence-electron chi connectivity index (χ1n) is 11.3. The van der Waals surface area contributed by atoms with Crippen LogP contribution in [0.25, 0.3) is 0 Å². The molecule has 9 heteroatoms. The molecule has 0 spiro atoms. The highest BCUT2D eigenvalue weighted by Crippen LogP contribution is 2.40. The van der Waals surface area contributed by atoms with E-state index in [1.165, 1.54) is 17.3 Å². The Balaban J connectivity index is 1.29. The molecule has 2 heterocycles. The summed E-state index contributed by atoms with van der Waals surface area (Å²) in [6, 6.07) is 18.9. The van der Waals surface area contributed by atoms with Crippen molar-refractivity contribution in [3.63, 3.8) is 0 Å². The van der Waals surface area contributed by atoms with Crippen molar-refractivity contribution in [3.05, 3.63) is 102 Å². The molecule has 3 aromatic rings. The van der Waals surface area contributed by atoms with Crippen LogP contribution in [0.4, 0.5) is 0 Å². The molecule has 0 unspecified atom stereocenters. The van der Waals surface area contributed by atoms with Crippen LogP contribution >= 0.6 is 0 Å². The fourth-order valence-corrected chi connectivity index (χ4v) is 4.18. The number of rotatable bonds is 5. The summed E-state index contributed by atoms with van der Waals surface area (Å²) in [6.45, 7) is 1.93. The molecule has 1 atom stereocenters. The molecule has 2 aliphatic rings. The van der Waals surface area contributed by atoms with Crippen molar-refractivity contribution in [2.45, 2.75) is 25.9 Å². The van der Waals surface area contributed by atoms with E-state index in [-0.39, 0.29) is 18.0 Å². The number of aryl methyl sites for hydroxylation is 1. The summed E-state index contributed by atoms with van der Waals surface area (Å²) in [4.78, 5) is 5.86. The van der Waals surface area contributed by atoms with Crippen molar-refractivity contribution < 1.29 is 29.0 Å². The third-order valence-electron chi connectivity index (χ3n) is 5.76. The Morgan fingerprint density at radius 3 is 2.40 bits per heavy atom. The van der Waals surface area contributed by atoms with Gasteiger partial charge in [0.15, 0.2) is 0 Å². The van der Waals surface area contributed by atoms with E-state index in [1.54, 1.807) is 19.2 Å². The lowest BCUT2D eigenvalue weighted by molar-refractivity contribution is 0.124. The van der Waals surface area contributed by atoms with Crippen LogP contribution in [-0.4, -0.2) is 34.3 Å². The topological polar surface area (TPSA) is 93.5 Å². The first-order valence-corrected chi connectivity index (χ1v) is 11.3. The third kappa shape index (κ3) is 5.14. The monoisotopic (exact) mass is 472 g/mol. The molecule has 2 aromatic carbocycles. The van der Waals surface area contributed by atoms with Crippen molar-refractivity contribution >= 4 is 12.6 Å². The van der Waals surface area contributed by atoms with Crippen LogP contribution in [0.2, 0.25) is 0 Å². The van der Waals surface area contributed by atoms with E-state index in [9.17, 15) is 10.2 Å². The van der Waals surface area contributed by atoms with Crippen LogP contribution in [0, 0.1) is 6.92 Å². The van der Waals surface area contributed by atoms with Gasteiger partial charge in [-0.25, -0.2) is 4.98 Å². The first kappa shape index (κ1) is 22.5. The first-order chi connectivity index (χ1) is 16.9. The fourth-order valence-electron chi connectivity index (χ4n) is 4.18. The molecule has 0 radical (unpaired) electrons. The molecule has 2 N–H and O–H groups in total. The zero-order valence-electron chi connectivity index (χ0n) is 19.4. The predicted octanol–water partition coefficient (Wildman–Crippen LogP) is 4.64. The lowest BCUT2D eigenvalue weighted by Crippen LogP contribution is -2.37. The van der Waals surface area contributed by atoms with Crippen LogP contribution in [0.5, 0.6) is 17.4 Å². The van der Waals surface area contributed by atoms with Crippen molar-refractivity contribution in [2.75, 3.05) is 7.05 Å². The highest BCUT2D eigenvalue weighted by Gasteiger charge is 2.31. The molecule has 1 aliphatic heterocycles. The second kappa shape index (κ2) is 9.54. The molecular formula is C26H25BN2O6. The van der Waals surface area contributed by atoms with E-state index < -0.39 is 7.12 Å². The van der Waals surface area contributed by atoms with Gasteiger partial charge in [-0.2, -0.15) is 0 Å². The van der Waals surface area contributed by atoms with Gasteiger partial charge in [-0.15, -0.1) is 0 Å². The van der Waals surface area contributed by atoms with Gasteiger partial charge in [-0.05, 0) is 49.6 Å². The minimum Gasteiger partial charge on any atom is -0.494 e. The van der Waals surface area contributed by atoms with Crippen molar-refractivity contribution in [2.24, 2.45) is 0 Å². The molecule has 0 fully saturated rings. The van der Waals surface area contributed by atoms with E-state index in [0.717, 1.165) is 35.4 Å². The Hall–Kier alpha value is -4.27. The van der Waals surface area contributed by atoms with Gasteiger partial charge in [0.2, 0.25) is 5.88 Å². The summed E-state index contributed by atoms with van der Waals surface area (Å²) in [5.74, 6) is 1.40. The molecule has 178 valence electrons. The molecule has 0 saturated carbocycles. The maximum atomic E-state index is 9.94. The number of nitrogens with zero attached hydrogens (tertiary/aromatic N) is 2. The molecule has 1 aromatic heterocycles. The average Bonchev–Trinajstić information content (AvgIpc) is 3.22. The predicted molar refractivity (Wildman–Crippen MR) is 130 cm³/mol.